The summed E-state index contributed by atoms with van der Waals surface area (Å²) in [5.41, 5.74) is 2.92. The van der Waals surface area contributed by atoms with Crippen LogP contribution in [0.15, 0.2) is 47.4 Å². The van der Waals surface area contributed by atoms with Gasteiger partial charge in [0.15, 0.2) is 0 Å². The van der Waals surface area contributed by atoms with E-state index in [2.05, 4.69) is 0 Å². The first-order chi connectivity index (χ1) is 15.6. The predicted octanol–water partition coefficient (Wildman–Crippen LogP) is 3.30. The molecule has 0 aliphatic carbocycles. The molecular weight excluding hydrogens is 440 g/mol. The molecule has 0 bridgehead atoms. The van der Waals surface area contributed by atoms with E-state index in [9.17, 15) is 18.3 Å². The first kappa shape index (κ1) is 25.2. The molecule has 0 saturated heterocycles. The number of nitrogens with zero attached hydrogens (tertiary/aromatic N) is 2. The quantitative estimate of drug-likeness (QED) is 0.694. The Bertz CT molecular complexity index is 1100. The molecule has 33 heavy (non-hydrogen) atoms. The first-order valence-electron chi connectivity index (χ1n) is 11.3. The SMILES string of the molecule is CCC(=O)N(C)C[C@H]1Oc2cc(-c3ccccc3C)ccc2S(=O)(=O)N([C@@H](C)CO)C[C@@H]1C. The Labute approximate surface area is 197 Å². The molecule has 1 N–H and O–H groups in total. The number of ether oxygens (including phenoxy) is 1. The van der Waals surface area contributed by atoms with Crippen LogP contribution in [-0.4, -0.2) is 67.5 Å². The molecule has 0 unspecified atom stereocenters. The highest BCUT2D eigenvalue weighted by Gasteiger charge is 2.38. The fraction of sp³-hybridized carbons (Fsp3) is 0.480. The van der Waals surface area contributed by atoms with Gasteiger partial charge in [-0.05, 0) is 42.7 Å². The van der Waals surface area contributed by atoms with E-state index in [0.717, 1.165) is 16.7 Å². The number of benzene rings is 2. The van der Waals surface area contributed by atoms with E-state index < -0.39 is 22.2 Å². The monoisotopic (exact) mass is 474 g/mol. The number of aliphatic hydroxyl groups is 1. The Kier molecular flexibility index (Phi) is 7.82. The van der Waals surface area contributed by atoms with E-state index >= 15 is 0 Å². The zero-order chi connectivity index (χ0) is 24.3. The highest BCUT2D eigenvalue weighted by molar-refractivity contribution is 7.89. The van der Waals surface area contributed by atoms with Gasteiger partial charge in [-0.3, -0.25) is 4.79 Å². The van der Waals surface area contributed by atoms with E-state index in [4.69, 9.17) is 4.74 Å². The number of rotatable bonds is 6. The Morgan fingerprint density at radius 2 is 1.97 bits per heavy atom. The summed E-state index contributed by atoms with van der Waals surface area (Å²) >= 11 is 0. The molecule has 2 aromatic rings. The minimum atomic E-state index is -3.90. The Hall–Kier alpha value is -2.42. The van der Waals surface area contributed by atoms with Crippen molar-refractivity contribution in [1.29, 1.82) is 0 Å². The molecular formula is C25H34N2O5S. The highest BCUT2D eigenvalue weighted by Crippen LogP contribution is 2.37. The molecule has 2 aromatic carbocycles. The third kappa shape index (κ3) is 5.23. The number of likely N-dealkylation sites (N-methyl/N-ethyl adjacent to an activating group) is 1. The minimum Gasteiger partial charge on any atom is -0.487 e. The number of aliphatic hydroxyl groups excluding tert-OH is 1. The summed E-state index contributed by atoms with van der Waals surface area (Å²) in [6.45, 7) is 7.65. The van der Waals surface area contributed by atoms with Gasteiger partial charge in [0.2, 0.25) is 15.9 Å². The molecule has 0 radical (unpaired) electrons. The Balaban J connectivity index is 2.14. The van der Waals surface area contributed by atoms with E-state index in [1.54, 1.807) is 37.1 Å². The van der Waals surface area contributed by atoms with Gasteiger partial charge in [-0.25, -0.2) is 8.42 Å². The second-order valence-corrected chi connectivity index (χ2v) is 10.7. The predicted molar refractivity (Wildman–Crippen MR) is 129 cm³/mol. The molecule has 3 atom stereocenters. The number of sulfonamides is 1. The molecule has 1 heterocycles. The lowest BCUT2D eigenvalue weighted by Gasteiger charge is -2.37. The van der Waals surface area contributed by atoms with Crippen molar-refractivity contribution >= 4 is 15.9 Å². The average Bonchev–Trinajstić information content (AvgIpc) is 2.80. The van der Waals surface area contributed by atoms with Gasteiger partial charge in [-0.2, -0.15) is 4.31 Å². The summed E-state index contributed by atoms with van der Waals surface area (Å²) in [6.07, 6.45) is -0.0338. The third-order valence-corrected chi connectivity index (χ3v) is 8.32. The standard InChI is InChI=1S/C25H34N2O5S/c1-6-25(29)26(5)15-23-18(3)14-27(19(4)16-28)33(30,31)24-12-11-20(13-22(24)32-23)21-10-8-7-9-17(21)2/h7-13,18-19,23,28H,6,14-16H2,1-5H3/t18-,19-,23+/m0/s1. The van der Waals surface area contributed by atoms with Crippen LogP contribution in [-0.2, 0) is 14.8 Å². The van der Waals surface area contributed by atoms with E-state index in [0.29, 0.717) is 13.0 Å². The molecule has 1 aliphatic heterocycles. The van der Waals surface area contributed by atoms with Gasteiger partial charge < -0.3 is 14.7 Å². The van der Waals surface area contributed by atoms with Crippen LogP contribution in [0.5, 0.6) is 5.75 Å². The lowest BCUT2D eigenvalue weighted by atomic mass is 10.00. The minimum absolute atomic E-state index is 0.00468. The van der Waals surface area contributed by atoms with Gasteiger partial charge in [0, 0.05) is 32.0 Å². The van der Waals surface area contributed by atoms with Gasteiger partial charge in [-0.1, -0.05) is 44.2 Å². The fourth-order valence-corrected chi connectivity index (χ4v) is 5.98. The van der Waals surface area contributed by atoms with Crippen LogP contribution >= 0.6 is 0 Å². The van der Waals surface area contributed by atoms with E-state index in [1.165, 1.54) is 4.31 Å². The van der Waals surface area contributed by atoms with Crippen molar-refractivity contribution in [2.75, 3.05) is 26.7 Å². The number of carbonyl (C=O) groups is 1. The smallest absolute Gasteiger partial charge is 0.247 e. The Morgan fingerprint density at radius 3 is 2.61 bits per heavy atom. The van der Waals surface area contributed by atoms with Crippen molar-refractivity contribution in [3.8, 4) is 16.9 Å². The number of hydrogen-bond donors (Lipinski definition) is 1. The molecule has 0 spiro atoms. The topological polar surface area (TPSA) is 87.2 Å². The first-order valence-corrected chi connectivity index (χ1v) is 12.8. The van der Waals surface area contributed by atoms with E-state index in [1.807, 2.05) is 45.0 Å². The van der Waals surface area contributed by atoms with Crippen molar-refractivity contribution < 1.29 is 23.1 Å². The average molecular weight is 475 g/mol. The number of fused-ring (bicyclic) bond motifs is 1. The maximum absolute atomic E-state index is 13.6. The summed E-state index contributed by atoms with van der Waals surface area (Å²) in [6, 6.07) is 12.4. The van der Waals surface area contributed by atoms with E-state index in [-0.39, 0.29) is 35.6 Å². The third-order valence-electron chi connectivity index (χ3n) is 6.31. The molecule has 180 valence electrons. The summed E-state index contributed by atoms with van der Waals surface area (Å²) < 4.78 is 34.9. The summed E-state index contributed by atoms with van der Waals surface area (Å²) in [4.78, 5) is 13.9. The van der Waals surface area contributed by atoms with Crippen molar-refractivity contribution in [2.24, 2.45) is 5.92 Å². The molecule has 0 fully saturated rings. The van der Waals surface area contributed by atoms with Crippen LogP contribution in [0, 0.1) is 12.8 Å². The van der Waals surface area contributed by atoms with Gasteiger partial charge in [0.05, 0.1) is 13.2 Å². The zero-order valence-electron chi connectivity index (χ0n) is 20.0. The summed E-state index contributed by atoms with van der Waals surface area (Å²) in [5.74, 6) is 0.0471. The zero-order valence-corrected chi connectivity index (χ0v) is 20.8. The maximum Gasteiger partial charge on any atom is 0.247 e. The lowest BCUT2D eigenvalue weighted by molar-refractivity contribution is -0.131. The Morgan fingerprint density at radius 1 is 1.27 bits per heavy atom. The van der Waals surface area contributed by atoms with Crippen molar-refractivity contribution in [1.82, 2.24) is 9.21 Å². The molecule has 8 heteroatoms. The summed E-state index contributed by atoms with van der Waals surface area (Å²) in [7, 11) is -2.17. The van der Waals surface area contributed by atoms with Gasteiger partial charge in [0.25, 0.3) is 0 Å². The van der Waals surface area contributed by atoms with Crippen LogP contribution in [0.25, 0.3) is 11.1 Å². The maximum atomic E-state index is 13.6. The van der Waals surface area contributed by atoms with Gasteiger partial charge in [-0.15, -0.1) is 0 Å². The number of hydrogen-bond acceptors (Lipinski definition) is 5. The number of aryl methyl sites for hydroxylation is 1. The van der Waals surface area contributed by atoms with Crippen LogP contribution < -0.4 is 4.74 Å². The van der Waals surface area contributed by atoms with Crippen LogP contribution in [0.3, 0.4) is 0 Å². The van der Waals surface area contributed by atoms with Crippen LogP contribution in [0.1, 0.15) is 32.8 Å². The molecule has 1 amide bonds. The van der Waals surface area contributed by atoms with Crippen molar-refractivity contribution in [2.45, 2.75) is 51.2 Å². The summed E-state index contributed by atoms with van der Waals surface area (Å²) in [5, 5.41) is 9.76. The van der Waals surface area contributed by atoms with Crippen LogP contribution in [0.2, 0.25) is 0 Å². The molecule has 3 rings (SSSR count). The number of carbonyl (C=O) groups excluding carboxylic acids is 1. The second kappa shape index (κ2) is 10.2. The lowest BCUT2D eigenvalue weighted by Crippen LogP contribution is -2.50. The normalized spacial score (nSPS) is 21.3. The van der Waals surface area contributed by atoms with Crippen molar-refractivity contribution in [3.05, 3.63) is 48.0 Å². The molecule has 0 aromatic heterocycles. The fourth-order valence-electron chi connectivity index (χ4n) is 4.15. The van der Waals surface area contributed by atoms with Crippen LogP contribution in [0.4, 0.5) is 0 Å². The molecule has 1 aliphatic rings. The highest BCUT2D eigenvalue weighted by atomic mass is 32.2. The largest absolute Gasteiger partial charge is 0.487 e. The van der Waals surface area contributed by atoms with Gasteiger partial charge in [0.1, 0.15) is 16.7 Å². The second-order valence-electron chi connectivity index (χ2n) is 8.84. The van der Waals surface area contributed by atoms with Crippen molar-refractivity contribution in [3.63, 3.8) is 0 Å². The van der Waals surface area contributed by atoms with Gasteiger partial charge >= 0.3 is 0 Å². The number of amides is 1. The molecule has 0 saturated carbocycles. The molecule has 7 nitrogen and oxygen atoms in total.